The number of rotatable bonds is 6. The molecule has 1 fully saturated rings. The summed E-state index contributed by atoms with van der Waals surface area (Å²) in [7, 11) is 2.13. The Morgan fingerprint density at radius 3 is 2.79 bits per heavy atom. The predicted octanol–water partition coefficient (Wildman–Crippen LogP) is 1.54. The molecule has 19 heavy (non-hydrogen) atoms. The lowest BCUT2D eigenvalue weighted by Crippen LogP contribution is -2.38. The topological polar surface area (TPSA) is 52.6 Å². The monoisotopic (exact) mass is 262 g/mol. The molecular formula is C15H22N2O2. The maximum absolute atomic E-state index is 11.3. The molecule has 0 aromatic heterocycles. The number of likely N-dealkylation sites (tertiary alicyclic amines) is 1. The van der Waals surface area contributed by atoms with Crippen molar-refractivity contribution in [3.8, 4) is 0 Å². The second-order valence-corrected chi connectivity index (χ2v) is 5.24. The molecule has 2 atom stereocenters. The number of carbonyl (C=O) groups is 1. The summed E-state index contributed by atoms with van der Waals surface area (Å²) in [5.74, 6) is -1.23. The zero-order valence-corrected chi connectivity index (χ0v) is 11.4. The number of hydrogen-bond acceptors (Lipinski definition) is 3. The van der Waals surface area contributed by atoms with Crippen LogP contribution in [-0.2, 0) is 4.79 Å². The molecule has 2 rings (SSSR count). The average molecular weight is 262 g/mol. The van der Waals surface area contributed by atoms with Gasteiger partial charge in [0.1, 0.15) is 0 Å². The Hall–Kier alpha value is -1.39. The summed E-state index contributed by atoms with van der Waals surface area (Å²) < 4.78 is 0. The number of hydrogen-bond donors (Lipinski definition) is 2. The summed E-state index contributed by atoms with van der Waals surface area (Å²) in [5.41, 5.74) is 0.863. The third-order valence-electron chi connectivity index (χ3n) is 3.90. The minimum atomic E-state index is -0.765. The molecule has 4 nitrogen and oxygen atoms in total. The fourth-order valence-electron chi connectivity index (χ4n) is 2.66. The van der Waals surface area contributed by atoms with Crippen molar-refractivity contribution in [1.82, 2.24) is 10.2 Å². The van der Waals surface area contributed by atoms with Crippen LogP contribution < -0.4 is 5.32 Å². The highest BCUT2D eigenvalue weighted by molar-refractivity contribution is 5.76. The molecule has 0 aliphatic carbocycles. The van der Waals surface area contributed by atoms with Gasteiger partial charge in [-0.15, -0.1) is 0 Å². The summed E-state index contributed by atoms with van der Waals surface area (Å²) >= 11 is 0. The zero-order chi connectivity index (χ0) is 13.7. The third kappa shape index (κ3) is 3.78. The second-order valence-electron chi connectivity index (χ2n) is 5.24. The van der Waals surface area contributed by atoms with Crippen LogP contribution in [0.15, 0.2) is 30.3 Å². The fourth-order valence-corrected chi connectivity index (χ4v) is 2.66. The van der Waals surface area contributed by atoms with E-state index in [2.05, 4.69) is 17.3 Å². The maximum atomic E-state index is 11.3. The predicted molar refractivity (Wildman–Crippen MR) is 75.3 cm³/mol. The van der Waals surface area contributed by atoms with E-state index in [4.69, 9.17) is 0 Å². The van der Waals surface area contributed by atoms with E-state index in [9.17, 15) is 9.90 Å². The lowest BCUT2D eigenvalue weighted by Gasteiger charge is -2.21. The van der Waals surface area contributed by atoms with E-state index in [1.54, 1.807) is 0 Å². The lowest BCUT2D eigenvalue weighted by atomic mass is 9.99. The summed E-state index contributed by atoms with van der Waals surface area (Å²) in [6, 6.07) is 9.98. The molecule has 4 heteroatoms. The highest BCUT2D eigenvalue weighted by Crippen LogP contribution is 2.16. The van der Waals surface area contributed by atoms with Crippen molar-refractivity contribution < 1.29 is 9.90 Å². The number of likely N-dealkylation sites (N-methyl/N-ethyl adjacent to an activating group) is 1. The largest absolute Gasteiger partial charge is 0.481 e. The van der Waals surface area contributed by atoms with Gasteiger partial charge in [-0.3, -0.25) is 4.79 Å². The van der Waals surface area contributed by atoms with Gasteiger partial charge in [-0.1, -0.05) is 30.3 Å². The van der Waals surface area contributed by atoms with Crippen LogP contribution in [0.2, 0.25) is 0 Å². The van der Waals surface area contributed by atoms with E-state index < -0.39 is 11.9 Å². The number of benzene rings is 1. The molecule has 2 N–H and O–H groups in total. The second kappa shape index (κ2) is 6.68. The van der Waals surface area contributed by atoms with E-state index in [0.717, 1.165) is 18.7 Å². The lowest BCUT2D eigenvalue weighted by molar-refractivity contribution is -0.138. The molecule has 1 heterocycles. The molecule has 1 aromatic carbocycles. The molecule has 1 aliphatic rings. The highest BCUT2D eigenvalue weighted by atomic mass is 16.4. The summed E-state index contributed by atoms with van der Waals surface area (Å²) in [4.78, 5) is 13.7. The molecule has 0 saturated carbocycles. The van der Waals surface area contributed by atoms with Crippen LogP contribution >= 0.6 is 0 Å². The molecule has 0 amide bonds. The van der Waals surface area contributed by atoms with Crippen LogP contribution in [-0.4, -0.2) is 48.7 Å². The van der Waals surface area contributed by atoms with Crippen molar-refractivity contribution in [2.24, 2.45) is 0 Å². The Morgan fingerprint density at radius 2 is 2.21 bits per heavy atom. The first kappa shape index (κ1) is 14.0. The van der Waals surface area contributed by atoms with Crippen LogP contribution in [0.1, 0.15) is 24.3 Å². The van der Waals surface area contributed by atoms with Crippen molar-refractivity contribution in [2.45, 2.75) is 24.8 Å². The van der Waals surface area contributed by atoms with Crippen molar-refractivity contribution in [3.63, 3.8) is 0 Å². The van der Waals surface area contributed by atoms with E-state index in [-0.39, 0.29) is 0 Å². The SMILES string of the molecule is CN1CCCC1CNCC(C(=O)O)c1ccccc1. The third-order valence-corrected chi connectivity index (χ3v) is 3.90. The van der Waals surface area contributed by atoms with Crippen molar-refractivity contribution in [3.05, 3.63) is 35.9 Å². The smallest absolute Gasteiger partial charge is 0.312 e. The van der Waals surface area contributed by atoms with Gasteiger partial charge in [0.25, 0.3) is 0 Å². The van der Waals surface area contributed by atoms with Gasteiger partial charge in [0.05, 0.1) is 5.92 Å². The Balaban J connectivity index is 1.86. The molecule has 1 saturated heterocycles. The quantitative estimate of drug-likeness (QED) is 0.816. The minimum Gasteiger partial charge on any atom is -0.481 e. The standard InChI is InChI=1S/C15H22N2O2/c1-17-9-5-8-13(17)10-16-11-14(15(18)19)12-6-3-2-4-7-12/h2-4,6-7,13-14,16H,5,8-11H2,1H3,(H,18,19). The number of carboxylic acids is 1. The van der Waals surface area contributed by atoms with Gasteiger partial charge in [-0.05, 0) is 32.0 Å². The minimum absolute atomic E-state index is 0.465. The Morgan fingerprint density at radius 1 is 1.47 bits per heavy atom. The van der Waals surface area contributed by atoms with Crippen LogP contribution in [0.25, 0.3) is 0 Å². The summed E-state index contributed by atoms with van der Waals surface area (Å²) in [6.07, 6.45) is 2.44. The van der Waals surface area contributed by atoms with Crippen LogP contribution in [0.3, 0.4) is 0 Å². The van der Waals surface area contributed by atoms with Gasteiger partial charge in [0.15, 0.2) is 0 Å². The molecule has 2 unspecified atom stereocenters. The number of aliphatic carboxylic acids is 1. The number of nitrogens with one attached hydrogen (secondary N) is 1. The normalized spacial score (nSPS) is 21.4. The Bertz CT molecular complexity index is 408. The highest BCUT2D eigenvalue weighted by Gasteiger charge is 2.23. The molecular weight excluding hydrogens is 240 g/mol. The molecule has 0 spiro atoms. The molecule has 0 bridgehead atoms. The van der Waals surface area contributed by atoms with Gasteiger partial charge in [0, 0.05) is 19.1 Å². The van der Waals surface area contributed by atoms with E-state index in [0.29, 0.717) is 12.6 Å². The van der Waals surface area contributed by atoms with Gasteiger partial charge in [-0.25, -0.2) is 0 Å². The molecule has 104 valence electrons. The fraction of sp³-hybridized carbons (Fsp3) is 0.533. The van der Waals surface area contributed by atoms with Gasteiger partial charge >= 0.3 is 5.97 Å². The van der Waals surface area contributed by atoms with E-state index in [1.807, 2.05) is 30.3 Å². The Labute approximate surface area is 114 Å². The van der Waals surface area contributed by atoms with Crippen molar-refractivity contribution >= 4 is 5.97 Å². The van der Waals surface area contributed by atoms with Crippen LogP contribution in [0.4, 0.5) is 0 Å². The van der Waals surface area contributed by atoms with Gasteiger partial charge in [0.2, 0.25) is 0 Å². The first-order chi connectivity index (χ1) is 9.18. The first-order valence-electron chi connectivity index (χ1n) is 6.87. The van der Waals surface area contributed by atoms with Gasteiger partial charge < -0.3 is 15.3 Å². The van der Waals surface area contributed by atoms with Crippen LogP contribution in [0, 0.1) is 0 Å². The maximum Gasteiger partial charge on any atom is 0.312 e. The molecule has 1 aromatic rings. The molecule has 1 aliphatic heterocycles. The van der Waals surface area contributed by atoms with Crippen molar-refractivity contribution in [1.29, 1.82) is 0 Å². The molecule has 0 radical (unpaired) electrons. The number of carboxylic acid groups (broad SMARTS) is 1. The van der Waals surface area contributed by atoms with E-state index >= 15 is 0 Å². The van der Waals surface area contributed by atoms with Crippen molar-refractivity contribution in [2.75, 3.05) is 26.7 Å². The number of nitrogens with zero attached hydrogens (tertiary/aromatic N) is 1. The van der Waals surface area contributed by atoms with Gasteiger partial charge in [-0.2, -0.15) is 0 Å². The van der Waals surface area contributed by atoms with E-state index in [1.165, 1.54) is 12.8 Å². The van der Waals surface area contributed by atoms with Crippen LogP contribution in [0.5, 0.6) is 0 Å². The first-order valence-corrected chi connectivity index (χ1v) is 6.87. The zero-order valence-electron chi connectivity index (χ0n) is 11.4. The summed E-state index contributed by atoms with van der Waals surface area (Å²) in [5, 5.41) is 12.6. The average Bonchev–Trinajstić information content (AvgIpc) is 2.81. The Kier molecular flexibility index (Phi) is 4.93. The summed E-state index contributed by atoms with van der Waals surface area (Å²) in [6.45, 7) is 2.50.